The maximum Gasteiger partial charge on any atom is 0.265 e. The highest BCUT2D eigenvalue weighted by molar-refractivity contribution is 6.39. The molecule has 3 aliphatic rings. The molecule has 12 rings (SSSR count). The molecular formula is C60H45N7O6. The quantitative estimate of drug-likeness (QED) is 0.129. The Balaban J connectivity index is 0.919. The molecule has 9 aromatic carbocycles. The number of anilines is 9. The van der Waals surface area contributed by atoms with Gasteiger partial charge in [0.25, 0.3) is 35.4 Å². The van der Waals surface area contributed by atoms with Crippen molar-refractivity contribution in [2.75, 3.05) is 76.6 Å². The summed E-state index contributed by atoms with van der Waals surface area (Å²) in [6.07, 6.45) is 0. The Labute approximate surface area is 419 Å². The molecule has 3 heterocycles. The fourth-order valence-electron chi connectivity index (χ4n) is 10.8. The summed E-state index contributed by atoms with van der Waals surface area (Å²) in [5, 5.41) is 4.30. The SMILES string of the molecule is CN(C)c1ccc2c3c(cccc13)C(=O)N(c1ccc(N(c3ccc(N4C(=O)c5cccc6c(N(C)C)ccc(c56)C4=O)cc3)c3ccc(N4C(=O)c5cccc6c(N(C)C)ccc(c56)C4=O)cc3)cc1)C2=O. The van der Waals surface area contributed by atoms with Crippen molar-refractivity contribution >= 4 is 119 Å². The van der Waals surface area contributed by atoms with Crippen LogP contribution in [0.25, 0.3) is 32.3 Å². The third kappa shape index (κ3) is 6.62. The first-order valence-electron chi connectivity index (χ1n) is 23.7. The fourth-order valence-corrected chi connectivity index (χ4v) is 10.8. The third-order valence-corrected chi connectivity index (χ3v) is 14.2. The number of rotatable bonds is 9. The van der Waals surface area contributed by atoms with E-state index in [2.05, 4.69) is 0 Å². The minimum Gasteiger partial charge on any atom is -0.377 e. The zero-order chi connectivity index (χ0) is 50.7. The van der Waals surface area contributed by atoms with Crippen LogP contribution in [0.15, 0.2) is 164 Å². The summed E-state index contributed by atoms with van der Waals surface area (Å²) in [7, 11) is 11.5. The second-order valence-corrected chi connectivity index (χ2v) is 19.0. The van der Waals surface area contributed by atoms with Gasteiger partial charge in [0.1, 0.15) is 0 Å². The molecule has 6 amide bonds. The Morgan fingerprint density at radius 1 is 0.274 bits per heavy atom. The van der Waals surface area contributed by atoms with Crippen molar-refractivity contribution in [1.29, 1.82) is 0 Å². The molecule has 0 fully saturated rings. The number of carbonyl (C=O) groups excluding carboxylic acids is 6. The van der Waals surface area contributed by atoms with Gasteiger partial charge < -0.3 is 19.6 Å². The molecule has 13 heteroatoms. The standard InChI is InChI=1S/C60H45N7O6/c1-61(2)49-31-28-46-52-40(49)10-7-13-43(52)55(68)65(58(46)71)37-22-16-34(17-23-37)64(35-18-24-38(25-19-35)66-56(69)44-14-8-11-41-50(62(3)4)32-29-47(53(41)44)59(66)72)36-20-26-39(27-21-36)67-57(70)45-15-9-12-42-51(63(5)6)33-30-48(54(42)45)60(67)73/h7-33H,1-6H3. The van der Waals surface area contributed by atoms with Crippen LogP contribution in [-0.4, -0.2) is 77.7 Å². The highest BCUT2D eigenvalue weighted by Gasteiger charge is 2.38. The lowest BCUT2D eigenvalue weighted by Gasteiger charge is -2.31. The van der Waals surface area contributed by atoms with Gasteiger partial charge in [-0.15, -0.1) is 0 Å². The summed E-state index contributed by atoms with van der Waals surface area (Å²) in [6, 6.07) is 48.5. The summed E-state index contributed by atoms with van der Waals surface area (Å²) in [5.74, 6) is -2.63. The normalized spacial score (nSPS) is 14.0. The Morgan fingerprint density at radius 2 is 0.507 bits per heavy atom. The number of imide groups is 3. The third-order valence-electron chi connectivity index (χ3n) is 14.2. The van der Waals surface area contributed by atoms with Crippen LogP contribution < -0.4 is 34.3 Å². The van der Waals surface area contributed by atoms with Gasteiger partial charge in [-0.2, -0.15) is 0 Å². The zero-order valence-corrected chi connectivity index (χ0v) is 40.7. The molecule has 0 unspecified atom stereocenters. The van der Waals surface area contributed by atoms with Crippen molar-refractivity contribution < 1.29 is 28.8 Å². The molecule has 0 saturated heterocycles. The van der Waals surface area contributed by atoms with Gasteiger partial charge in [0.05, 0.1) is 17.1 Å². The highest BCUT2D eigenvalue weighted by atomic mass is 16.2. The molecule has 73 heavy (non-hydrogen) atoms. The van der Waals surface area contributed by atoms with Crippen molar-refractivity contribution in [3.63, 3.8) is 0 Å². The van der Waals surface area contributed by atoms with E-state index in [0.29, 0.717) is 83.7 Å². The van der Waals surface area contributed by atoms with Crippen molar-refractivity contribution in [3.05, 3.63) is 197 Å². The lowest BCUT2D eigenvalue weighted by molar-refractivity contribution is 0.0877. The molecule has 0 spiro atoms. The molecule has 356 valence electrons. The number of carbonyl (C=O) groups is 6. The van der Waals surface area contributed by atoms with Crippen LogP contribution in [0.4, 0.5) is 51.2 Å². The van der Waals surface area contributed by atoms with Gasteiger partial charge >= 0.3 is 0 Å². The number of nitrogens with zero attached hydrogens (tertiary/aromatic N) is 7. The fraction of sp³-hybridized carbons (Fsp3) is 0.100. The van der Waals surface area contributed by atoms with Crippen molar-refractivity contribution in [1.82, 2.24) is 0 Å². The van der Waals surface area contributed by atoms with E-state index in [1.165, 1.54) is 14.7 Å². The number of benzene rings is 9. The molecule has 0 atom stereocenters. The van der Waals surface area contributed by atoms with Crippen LogP contribution in [0.2, 0.25) is 0 Å². The van der Waals surface area contributed by atoms with Crippen LogP contribution in [-0.2, 0) is 0 Å². The van der Waals surface area contributed by atoms with E-state index in [1.54, 1.807) is 109 Å². The van der Waals surface area contributed by atoms with E-state index < -0.39 is 35.4 Å². The van der Waals surface area contributed by atoms with E-state index in [1.807, 2.05) is 116 Å². The van der Waals surface area contributed by atoms with Crippen LogP contribution in [0, 0.1) is 0 Å². The van der Waals surface area contributed by atoms with Crippen LogP contribution in [0.3, 0.4) is 0 Å². The summed E-state index contributed by atoms with van der Waals surface area (Å²) in [4.78, 5) is 97.0. The Hall–Kier alpha value is -9.62. The van der Waals surface area contributed by atoms with E-state index in [9.17, 15) is 28.8 Å². The van der Waals surface area contributed by atoms with Crippen LogP contribution in [0.1, 0.15) is 62.1 Å². The lowest BCUT2D eigenvalue weighted by atomic mass is 9.92. The number of amides is 6. The second kappa shape index (κ2) is 16.5. The van der Waals surface area contributed by atoms with E-state index >= 15 is 0 Å². The van der Waals surface area contributed by atoms with Gasteiger partial charge in [-0.05, 0) is 127 Å². The van der Waals surface area contributed by atoms with Crippen molar-refractivity contribution in [2.24, 2.45) is 0 Å². The molecule has 0 aromatic heterocycles. The Morgan fingerprint density at radius 3 is 0.740 bits per heavy atom. The summed E-state index contributed by atoms with van der Waals surface area (Å²) < 4.78 is 0. The summed E-state index contributed by atoms with van der Waals surface area (Å²) in [6.45, 7) is 0. The summed E-state index contributed by atoms with van der Waals surface area (Å²) in [5.41, 5.74) is 8.24. The van der Waals surface area contributed by atoms with Crippen molar-refractivity contribution in [3.8, 4) is 0 Å². The van der Waals surface area contributed by atoms with Crippen LogP contribution in [0.5, 0.6) is 0 Å². The molecule has 0 bridgehead atoms. The van der Waals surface area contributed by atoms with E-state index in [-0.39, 0.29) is 0 Å². The average Bonchev–Trinajstić information content (AvgIpc) is 3.39. The molecule has 0 saturated carbocycles. The van der Waals surface area contributed by atoms with Gasteiger partial charge in [0.15, 0.2) is 0 Å². The first-order valence-corrected chi connectivity index (χ1v) is 23.7. The molecule has 3 aliphatic heterocycles. The van der Waals surface area contributed by atoms with E-state index in [4.69, 9.17) is 0 Å². The largest absolute Gasteiger partial charge is 0.377 e. The minimum absolute atomic E-state index is 0.369. The number of hydrogen-bond donors (Lipinski definition) is 0. The second-order valence-electron chi connectivity index (χ2n) is 19.0. The smallest absolute Gasteiger partial charge is 0.265 e. The predicted octanol–water partition coefficient (Wildman–Crippen LogP) is 11.2. The Kier molecular flexibility index (Phi) is 10.1. The summed E-state index contributed by atoms with van der Waals surface area (Å²) >= 11 is 0. The minimum atomic E-state index is -0.438. The molecule has 13 nitrogen and oxygen atoms in total. The molecule has 0 N–H and O–H groups in total. The molecule has 0 aliphatic carbocycles. The first-order chi connectivity index (χ1) is 35.2. The maximum absolute atomic E-state index is 14.3. The topological polar surface area (TPSA) is 125 Å². The predicted molar refractivity (Wildman–Crippen MR) is 289 cm³/mol. The van der Waals surface area contributed by atoms with Gasteiger partial charge in [0.2, 0.25) is 0 Å². The van der Waals surface area contributed by atoms with Gasteiger partial charge in [-0.3, -0.25) is 28.8 Å². The Bertz CT molecular complexity index is 3450. The highest BCUT2D eigenvalue weighted by Crippen LogP contribution is 2.43. The molecule has 9 aromatic rings. The maximum atomic E-state index is 14.3. The van der Waals surface area contributed by atoms with Crippen molar-refractivity contribution in [2.45, 2.75) is 0 Å². The van der Waals surface area contributed by atoms with Gasteiger partial charge in [0, 0.05) is 142 Å². The molecule has 0 radical (unpaired) electrons. The average molecular weight is 960 g/mol. The molecular weight excluding hydrogens is 915 g/mol. The first kappa shape index (κ1) is 44.6. The van der Waals surface area contributed by atoms with Gasteiger partial charge in [-0.25, -0.2) is 14.7 Å². The van der Waals surface area contributed by atoms with Crippen LogP contribution >= 0.6 is 0 Å². The lowest BCUT2D eigenvalue weighted by Crippen LogP contribution is -2.40. The monoisotopic (exact) mass is 959 g/mol. The van der Waals surface area contributed by atoms with E-state index in [0.717, 1.165) is 33.2 Å². The van der Waals surface area contributed by atoms with Gasteiger partial charge in [-0.1, -0.05) is 36.4 Å². The number of hydrogen-bond acceptors (Lipinski definition) is 10. The zero-order valence-electron chi connectivity index (χ0n) is 40.7.